The molecular weight excluding hydrogens is 295 g/mol. The molecule has 4 nitrogen and oxygen atoms in total. The fourth-order valence-corrected chi connectivity index (χ4v) is 2.03. The van der Waals surface area contributed by atoms with Gasteiger partial charge in [0, 0.05) is 18.1 Å². The summed E-state index contributed by atoms with van der Waals surface area (Å²) in [5.41, 5.74) is 6.96. The molecule has 1 aromatic carbocycles. The van der Waals surface area contributed by atoms with Crippen LogP contribution in [0.25, 0.3) is 5.65 Å². The summed E-state index contributed by atoms with van der Waals surface area (Å²) in [6, 6.07) is 8.06. The summed E-state index contributed by atoms with van der Waals surface area (Å²) in [6.45, 7) is 0.160. The summed E-state index contributed by atoms with van der Waals surface area (Å²) in [5, 5.41) is 0. The van der Waals surface area contributed by atoms with E-state index in [-0.39, 0.29) is 6.61 Å². The van der Waals surface area contributed by atoms with Gasteiger partial charge < -0.3 is 14.9 Å². The van der Waals surface area contributed by atoms with E-state index in [1.54, 1.807) is 28.9 Å². The zero-order chi connectivity index (χ0) is 15.7. The lowest BCUT2D eigenvalue weighted by molar-refractivity contribution is -0.137. The Balaban J connectivity index is 1.71. The predicted molar refractivity (Wildman–Crippen MR) is 75.4 cm³/mol. The van der Waals surface area contributed by atoms with E-state index in [0.717, 1.165) is 17.8 Å². The van der Waals surface area contributed by atoms with Crippen molar-refractivity contribution >= 4 is 11.3 Å². The van der Waals surface area contributed by atoms with Crippen LogP contribution >= 0.6 is 0 Å². The Hall–Kier alpha value is -2.70. The quantitative estimate of drug-likeness (QED) is 0.805. The Morgan fingerprint density at radius 1 is 1.05 bits per heavy atom. The molecule has 0 saturated carbocycles. The number of benzene rings is 1. The number of anilines is 1. The first-order valence-electron chi connectivity index (χ1n) is 6.45. The van der Waals surface area contributed by atoms with Crippen LogP contribution < -0.4 is 10.5 Å². The van der Waals surface area contributed by atoms with Crippen molar-refractivity contribution in [2.24, 2.45) is 0 Å². The van der Waals surface area contributed by atoms with Crippen LogP contribution in [0.3, 0.4) is 0 Å². The van der Waals surface area contributed by atoms with Gasteiger partial charge in [0.25, 0.3) is 0 Å². The molecule has 0 amide bonds. The van der Waals surface area contributed by atoms with Crippen LogP contribution in [0.5, 0.6) is 5.75 Å². The largest absolute Gasteiger partial charge is 0.487 e. The van der Waals surface area contributed by atoms with Gasteiger partial charge in [0.2, 0.25) is 0 Å². The van der Waals surface area contributed by atoms with Crippen LogP contribution in [0.1, 0.15) is 11.3 Å². The van der Waals surface area contributed by atoms with Gasteiger partial charge in [-0.25, -0.2) is 4.98 Å². The Kier molecular flexibility index (Phi) is 3.40. The number of nitrogen functional groups attached to an aromatic ring is 1. The third-order valence-electron chi connectivity index (χ3n) is 3.09. The predicted octanol–water partition coefficient (Wildman–Crippen LogP) is 3.51. The SMILES string of the molecule is Nc1ccc2nc(COc3ccc(C(F)(F)F)cc3)cn2c1. The number of alkyl halides is 3. The van der Waals surface area contributed by atoms with Gasteiger partial charge in [0.15, 0.2) is 0 Å². The molecule has 114 valence electrons. The molecule has 0 aliphatic carbocycles. The first-order valence-corrected chi connectivity index (χ1v) is 6.45. The zero-order valence-electron chi connectivity index (χ0n) is 11.3. The maximum atomic E-state index is 12.5. The molecule has 0 atom stereocenters. The normalized spacial score (nSPS) is 11.8. The number of rotatable bonds is 3. The number of imidazole rings is 1. The van der Waals surface area contributed by atoms with Gasteiger partial charge in [-0.2, -0.15) is 13.2 Å². The molecule has 7 heteroatoms. The van der Waals surface area contributed by atoms with Crippen molar-refractivity contribution < 1.29 is 17.9 Å². The zero-order valence-corrected chi connectivity index (χ0v) is 11.3. The van der Waals surface area contributed by atoms with Gasteiger partial charge in [-0.3, -0.25) is 0 Å². The first-order chi connectivity index (χ1) is 10.4. The average Bonchev–Trinajstić information content (AvgIpc) is 2.86. The molecule has 0 radical (unpaired) electrons. The molecule has 2 aromatic heterocycles. The van der Waals surface area contributed by atoms with Crippen molar-refractivity contribution in [3.63, 3.8) is 0 Å². The highest BCUT2D eigenvalue weighted by atomic mass is 19.4. The summed E-state index contributed by atoms with van der Waals surface area (Å²) in [5.74, 6) is 0.351. The number of hydrogen-bond acceptors (Lipinski definition) is 3. The Morgan fingerprint density at radius 3 is 2.45 bits per heavy atom. The minimum atomic E-state index is -4.35. The van der Waals surface area contributed by atoms with Crippen LogP contribution in [0.4, 0.5) is 18.9 Å². The van der Waals surface area contributed by atoms with Crippen molar-refractivity contribution in [1.29, 1.82) is 0 Å². The van der Waals surface area contributed by atoms with E-state index in [4.69, 9.17) is 10.5 Å². The molecule has 0 aliphatic heterocycles. The second kappa shape index (κ2) is 5.25. The molecule has 3 rings (SSSR count). The van der Waals surface area contributed by atoms with Gasteiger partial charge in [0.05, 0.1) is 11.3 Å². The minimum absolute atomic E-state index is 0.160. The Bertz CT molecular complexity index is 794. The lowest BCUT2D eigenvalue weighted by Crippen LogP contribution is -2.04. The highest BCUT2D eigenvalue weighted by Crippen LogP contribution is 2.30. The lowest BCUT2D eigenvalue weighted by atomic mass is 10.2. The average molecular weight is 307 g/mol. The van der Waals surface area contributed by atoms with E-state index in [0.29, 0.717) is 17.1 Å². The van der Waals surface area contributed by atoms with Crippen molar-refractivity contribution in [1.82, 2.24) is 9.38 Å². The second-order valence-electron chi connectivity index (χ2n) is 4.77. The minimum Gasteiger partial charge on any atom is -0.487 e. The topological polar surface area (TPSA) is 52.5 Å². The fraction of sp³-hybridized carbons (Fsp3) is 0.133. The van der Waals surface area contributed by atoms with Crippen LogP contribution in [-0.2, 0) is 12.8 Å². The monoisotopic (exact) mass is 307 g/mol. The second-order valence-corrected chi connectivity index (χ2v) is 4.77. The molecule has 0 saturated heterocycles. The van der Waals surface area contributed by atoms with Crippen molar-refractivity contribution in [3.8, 4) is 5.75 Å². The van der Waals surface area contributed by atoms with Gasteiger partial charge >= 0.3 is 6.18 Å². The molecule has 2 heterocycles. The lowest BCUT2D eigenvalue weighted by Gasteiger charge is -2.08. The van der Waals surface area contributed by atoms with Gasteiger partial charge in [-0.1, -0.05) is 0 Å². The van der Waals surface area contributed by atoms with Crippen LogP contribution in [0.2, 0.25) is 0 Å². The Labute approximate surface area is 124 Å². The summed E-state index contributed by atoms with van der Waals surface area (Å²) in [4.78, 5) is 4.33. The summed E-state index contributed by atoms with van der Waals surface area (Å²) in [6.07, 6.45) is -0.861. The standard InChI is InChI=1S/C15H12F3N3O/c16-15(17,18)10-1-4-13(5-2-10)22-9-12-8-21-7-11(19)3-6-14(21)20-12/h1-8H,9,19H2. The number of aromatic nitrogens is 2. The number of ether oxygens (including phenoxy) is 1. The van der Waals surface area contributed by atoms with E-state index in [1.807, 2.05) is 0 Å². The van der Waals surface area contributed by atoms with Gasteiger partial charge in [0.1, 0.15) is 18.0 Å². The molecule has 0 unspecified atom stereocenters. The van der Waals surface area contributed by atoms with Crippen LogP contribution in [0.15, 0.2) is 48.8 Å². The maximum Gasteiger partial charge on any atom is 0.416 e. The van der Waals surface area contributed by atoms with E-state index in [9.17, 15) is 13.2 Å². The maximum absolute atomic E-state index is 12.5. The number of fused-ring (bicyclic) bond motifs is 1. The molecule has 2 N–H and O–H groups in total. The highest BCUT2D eigenvalue weighted by molar-refractivity contribution is 5.48. The van der Waals surface area contributed by atoms with Crippen molar-refractivity contribution in [2.75, 3.05) is 5.73 Å². The van der Waals surface area contributed by atoms with Crippen molar-refractivity contribution in [2.45, 2.75) is 12.8 Å². The van der Waals surface area contributed by atoms with Gasteiger partial charge in [-0.05, 0) is 36.4 Å². The number of hydrogen-bond donors (Lipinski definition) is 1. The number of pyridine rings is 1. The molecule has 0 fully saturated rings. The summed E-state index contributed by atoms with van der Waals surface area (Å²) in [7, 11) is 0. The van der Waals surface area contributed by atoms with Crippen molar-refractivity contribution in [3.05, 3.63) is 60.0 Å². The number of nitrogens with two attached hydrogens (primary N) is 1. The molecular formula is C15H12F3N3O. The summed E-state index contributed by atoms with van der Waals surface area (Å²) >= 11 is 0. The smallest absolute Gasteiger partial charge is 0.416 e. The molecule has 22 heavy (non-hydrogen) atoms. The molecule has 3 aromatic rings. The third kappa shape index (κ3) is 2.98. The van der Waals surface area contributed by atoms with Gasteiger partial charge in [-0.15, -0.1) is 0 Å². The first kappa shape index (κ1) is 14.2. The number of nitrogens with zero attached hydrogens (tertiary/aromatic N) is 2. The third-order valence-corrected chi connectivity index (χ3v) is 3.09. The molecule has 0 aliphatic rings. The summed E-state index contributed by atoms with van der Waals surface area (Å²) < 4.78 is 44.6. The van der Waals surface area contributed by atoms with E-state index < -0.39 is 11.7 Å². The molecule has 0 spiro atoms. The molecule has 0 bridgehead atoms. The van der Waals surface area contributed by atoms with Crippen LogP contribution in [-0.4, -0.2) is 9.38 Å². The fourth-order valence-electron chi connectivity index (χ4n) is 2.03. The Morgan fingerprint density at radius 2 is 1.77 bits per heavy atom. The number of halogens is 3. The van der Waals surface area contributed by atoms with Crippen LogP contribution in [0, 0.1) is 0 Å². The van der Waals surface area contributed by atoms with E-state index in [1.165, 1.54) is 12.1 Å². The highest BCUT2D eigenvalue weighted by Gasteiger charge is 2.29. The van der Waals surface area contributed by atoms with E-state index >= 15 is 0 Å². The van der Waals surface area contributed by atoms with E-state index in [2.05, 4.69) is 4.98 Å².